The summed E-state index contributed by atoms with van der Waals surface area (Å²) in [5.74, 6) is 0. The molecule has 0 aliphatic carbocycles. The predicted molar refractivity (Wildman–Crippen MR) is 40.4 cm³/mol. The van der Waals surface area contributed by atoms with Crippen LogP contribution in [0.1, 0.15) is 27.2 Å². The first kappa shape index (κ1) is 7.98. The fourth-order valence-corrected chi connectivity index (χ4v) is 1.16. The molecule has 0 radical (unpaired) electrons. The van der Waals surface area contributed by atoms with Crippen molar-refractivity contribution in [1.82, 2.24) is 10.8 Å². The first-order chi connectivity index (χ1) is 4.81. The smallest absolute Gasteiger partial charge is 0.153 e. The Morgan fingerprint density at radius 2 is 2.20 bits per heavy atom. The normalized spacial score (nSPS) is 42.9. The molecule has 2 rings (SSSR count). The van der Waals surface area contributed by atoms with E-state index in [1.807, 2.05) is 13.8 Å². The Labute approximate surface area is 62.1 Å². The average Bonchev–Trinajstić information content (AvgIpc) is 2.64. The molecule has 0 spiro atoms. The summed E-state index contributed by atoms with van der Waals surface area (Å²) in [7, 11) is 0. The highest BCUT2D eigenvalue weighted by Crippen LogP contribution is 2.30. The molecule has 0 aromatic carbocycles. The van der Waals surface area contributed by atoms with Gasteiger partial charge >= 0.3 is 0 Å². The van der Waals surface area contributed by atoms with Crippen molar-refractivity contribution in [1.29, 1.82) is 0 Å². The van der Waals surface area contributed by atoms with E-state index in [9.17, 15) is 0 Å². The highest BCUT2D eigenvalue weighted by atomic mass is 16.7. The van der Waals surface area contributed by atoms with E-state index in [2.05, 4.69) is 17.7 Å². The van der Waals surface area contributed by atoms with Crippen molar-refractivity contribution in [2.24, 2.45) is 0 Å². The molecule has 2 saturated heterocycles. The summed E-state index contributed by atoms with van der Waals surface area (Å²) >= 11 is 0. The molecule has 60 valence electrons. The number of hydrogen-bond acceptors (Lipinski definition) is 3. The van der Waals surface area contributed by atoms with Gasteiger partial charge in [0.25, 0.3) is 0 Å². The molecule has 0 bridgehead atoms. The monoisotopic (exact) mass is 144 g/mol. The molecule has 3 nitrogen and oxygen atoms in total. The van der Waals surface area contributed by atoms with Crippen molar-refractivity contribution < 1.29 is 4.84 Å². The third-order valence-corrected chi connectivity index (χ3v) is 1.86. The van der Waals surface area contributed by atoms with Crippen LogP contribution in [-0.4, -0.2) is 18.3 Å². The van der Waals surface area contributed by atoms with Crippen LogP contribution in [0.2, 0.25) is 0 Å². The molecule has 0 saturated carbocycles. The van der Waals surface area contributed by atoms with E-state index in [4.69, 9.17) is 4.84 Å². The Morgan fingerprint density at radius 1 is 1.50 bits per heavy atom. The summed E-state index contributed by atoms with van der Waals surface area (Å²) in [4.78, 5) is 5.18. The minimum atomic E-state index is -0.0156. The Bertz CT molecular complexity index is 116. The number of nitrogens with one attached hydrogen (secondary N) is 2. The molecule has 3 heteroatoms. The summed E-state index contributed by atoms with van der Waals surface area (Å²) in [6.07, 6.45) is 1.19. The number of hydrogen-bond donors (Lipinski definition) is 2. The standard InChI is InChI=1S/C5H10N2O.C2H6/c1-5-4(7-5)2-3-6-8-5;1-2/h4,6-7H,2-3H2,1H3;1-2H3. The summed E-state index contributed by atoms with van der Waals surface area (Å²) in [5.41, 5.74) is 2.84. The number of rotatable bonds is 0. The largest absolute Gasteiger partial charge is 0.280 e. The molecule has 2 unspecified atom stereocenters. The minimum Gasteiger partial charge on any atom is -0.280 e. The molecular formula is C7H16N2O. The fraction of sp³-hybridized carbons (Fsp3) is 1.00. The lowest BCUT2D eigenvalue weighted by Crippen LogP contribution is -2.33. The molecule has 2 aliphatic heterocycles. The lowest BCUT2D eigenvalue weighted by atomic mass is 10.2. The van der Waals surface area contributed by atoms with Gasteiger partial charge in [-0.3, -0.25) is 10.2 Å². The molecule has 2 fully saturated rings. The summed E-state index contributed by atoms with van der Waals surface area (Å²) in [6, 6.07) is 0.615. The minimum absolute atomic E-state index is 0.0156. The van der Waals surface area contributed by atoms with Gasteiger partial charge in [0.2, 0.25) is 0 Å². The van der Waals surface area contributed by atoms with Crippen LogP contribution < -0.4 is 10.8 Å². The first-order valence-electron chi connectivity index (χ1n) is 4.00. The predicted octanol–water partition coefficient (Wildman–Crippen LogP) is 0.625. The van der Waals surface area contributed by atoms with E-state index in [1.165, 1.54) is 6.42 Å². The van der Waals surface area contributed by atoms with Gasteiger partial charge in [0.1, 0.15) is 0 Å². The van der Waals surface area contributed by atoms with E-state index in [0.717, 1.165) is 6.54 Å². The van der Waals surface area contributed by atoms with Crippen LogP contribution in [0.5, 0.6) is 0 Å². The molecule has 2 atom stereocenters. The maximum absolute atomic E-state index is 5.18. The lowest BCUT2D eigenvalue weighted by molar-refractivity contribution is -0.0572. The van der Waals surface area contributed by atoms with Crippen LogP contribution in [0.25, 0.3) is 0 Å². The highest BCUT2D eigenvalue weighted by molar-refractivity contribution is 5.05. The second kappa shape index (κ2) is 2.86. The molecule has 10 heavy (non-hydrogen) atoms. The van der Waals surface area contributed by atoms with E-state index in [0.29, 0.717) is 6.04 Å². The molecule has 0 amide bonds. The Hall–Kier alpha value is -0.120. The van der Waals surface area contributed by atoms with Gasteiger partial charge in [-0.15, -0.1) is 0 Å². The van der Waals surface area contributed by atoms with Crippen molar-refractivity contribution >= 4 is 0 Å². The van der Waals surface area contributed by atoms with Gasteiger partial charge in [0, 0.05) is 6.54 Å². The zero-order chi connectivity index (χ0) is 7.61. The fourth-order valence-electron chi connectivity index (χ4n) is 1.16. The van der Waals surface area contributed by atoms with E-state index in [-0.39, 0.29) is 5.72 Å². The summed E-state index contributed by atoms with van der Waals surface area (Å²) in [6.45, 7) is 7.04. The highest BCUT2D eigenvalue weighted by Gasteiger charge is 2.52. The molecule has 2 N–H and O–H groups in total. The number of hydroxylamine groups is 1. The maximum atomic E-state index is 5.18. The molecular weight excluding hydrogens is 128 g/mol. The second-order valence-electron chi connectivity index (χ2n) is 2.59. The lowest BCUT2D eigenvalue weighted by Gasteiger charge is -2.15. The first-order valence-corrected chi connectivity index (χ1v) is 4.00. The van der Waals surface area contributed by atoms with E-state index < -0.39 is 0 Å². The molecule has 2 aliphatic rings. The SMILES string of the molecule is CC.CC12NC1CCNO2. The molecule has 0 aromatic rings. The van der Waals surface area contributed by atoms with Gasteiger partial charge in [0.15, 0.2) is 5.72 Å². The van der Waals surface area contributed by atoms with Gasteiger partial charge in [0.05, 0.1) is 6.04 Å². The quantitative estimate of drug-likeness (QED) is 0.490. The van der Waals surface area contributed by atoms with Crippen molar-refractivity contribution in [2.75, 3.05) is 6.54 Å². The van der Waals surface area contributed by atoms with Crippen LogP contribution in [0.15, 0.2) is 0 Å². The Morgan fingerprint density at radius 3 is 2.60 bits per heavy atom. The van der Waals surface area contributed by atoms with Crippen molar-refractivity contribution in [3.8, 4) is 0 Å². The van der Waals surface area contributed by atoms with Gasteiger partial charge < -0.3 is 0 Å². The van der Waals surface area contributed by atoms with E-state index in [1.54, 1.807) is 0 Å². The van der Waals surface area contributed by atoms with Crippen LogP contribution in [-0.2, 0) is 4.84 Å². The Balaban J connectivity index is 0.000000231. The second-order valence-corrected chi connectivity index (χ2v) is 2.59. The zero-order valence-corrected chi connectivity index (χ0v) is 6.90. The van der Waals surface area contributed by atoms with Crippen LogP contribution in [0.4, 0.5) is 0 Å². The van der Waals surface area contributed by atoms with Crippen LogP contribution in [0, 0.1) is 0 Å². The maximum Gasteiger partial charge on any atom is 0.153 e. The van der Waals surface area contributed by atoms with Gasteiger partial charge in [-0.2, -0.15) is 0 Å². The topological polar surface area (TPSA) is 43.2 Å². The third kappa shape index (κ3) is 1.31. The van der Waals surface area contributed by atoms with E-state index >= 15 is 0 Å². The Kier molecular flexibility index (Phi) is 2.28. The van der Waals surface area contributed by atoms with Crippen molar-refractivity contribution in [3.05, 3.63) is 0 Å². The molecule has 2 heterocycles. The van der Waals surface area contributed by atoms with Gasteiger partial charge in [-0.05, 0) is 13.3 Å². The van der Waals surface area contributed by atoms with Gasteiger partial charge in [-0.25, -0.2) is 5.48 Å². The van der Waals surface area contributed by atoms with Crippen molar-refractivity contribution in [2.45, 2.75) is 39.0 Å². The van der Waals surface area contributed by atoms with Crippen molar-refractivity contribution in [3.63, 3.8) is 0 Å². The molecule has 0 aromatic heterocycles. The van der Waals surface area contributed by atoms with Gasteiger partial charge in [-0.1, -0.05) is 13.8 Å². The summed E-state index contributed by atoms with van der Waals surface area (Å²) in [5, 5.41) is 3.22. The zero-order valence-electron chi connectivity index (χ0n) is 6.90. The average molecular weight is 144 g/mol. The van der Waals surface area contributed by atoms with Crippen LogP contribution >= 0.6 is 0 Å². The van der Waals surface area contributed by atoms with Crippen LogP contribution in [0.3, 0.4) is 0 Å². The third-order valence-electron chi connectivity index (χ3n) is 1.86. The summed E-state index contributed by atoms with van der Waals surface area (Å²) < 4.78 is 0. The number of fused-ring (bicyclic) bond motifs is 1.